The van der Waals surface area contributed by atoms with Gasteiger partial charge in [0.1, 0.15) is 17.3 Å². The molecule has 3 heterocycles. The first kappa shape index (κ1) is 15.1. The summed E-state index contributed by atoms with van der Waals surface area (Å²) in [5.41, 5.74) is 2.48. The normalized spacial score (nSPS) is 16.2. The molecule has 1 atom stereocenters. The summed E-state index contributed by atoms with van der Waals surface area (Å²) in [6.45, 7) is 9.32. The van der Waals surface area contributed by atoms with E-state index in [0.29, 0.717) is 0 Å². The van der Waals surface area contributed by atoms with Crippen LogP contribution < -0.4 is 10.2 Å². The number of aromatic nitrogens is 1. The van der Waals surface area contributed by atoms with E-state index in [1.807, 2.05) is 13.1 Å². The van der Waals surface area contributed by atoms with Crippen LogP contribution in [0.4, 0.5) is 5.82 Å². The van der Waals surface area contributed by atoms with Crippen LogP contribution in [0, 0.1) is 13.8 Å². The number of aryl methyl sites for hydroxylation is 2. The van der Waals surface area contributed by atoms with Crippen LogP contribution in [0.5, 0.6) is 0 Å². The molecule has 0 saturated carbocycles. The van der Waals surface area contributed by atoms with Gasteiger partial charge in [-0.15, -0.1) is 0 Å². The minimum atomic E-state index is 0.204. The number of pyridine rings is 1. The number of anilines is 1. The lowest BCUT2D eigenvalue weighted by Crippen LogP contribution is -2.20. The number of hydrogen-bond acceptors (Lipinski definition) is 4. The Bertz CT molecular complexity index is 610. The van der Waals surface area contributed by atoms with Crippen LogP contribution in [0.3, 0.4) is 0 Å². The molecule has 0 bridgehead atoms. The van der Waals surface area contributed by atoms with Gasteiger partial charge in [-0.3, -0.25) is 0 Å². The van der Waals surface area contributed by atoms with E-state index in [2.05, 4.69) is 47.2 Å². The van der Waals surface area contributed by atoms with Gasteiger partial charge in [0.15, 0.2) is 0 Å². The zero-order valence-corrected chi connectivity index (χ0v) is 13.7. The maximum atomic E-state index is 5.79. The molecular weight excluding hydrogens is 274 g/mol. The van der Waals surface area contributed by atoms with Crippen LogP contribution in [0.2, 0.25) is 0 Å². The van der Waals surface area contributed by atoms with Crippen LogP contribution in [0.1, 0.15) is 48.5 Å². The fraction of sp³-hybridized carbons (Fsp3) is 0.500. The molecule has 1 aliphatic heterocycles. The van der Waals surface area contributed by atoms with Gasteiger partial charge in [-0.05, 0) is 62.9 Å². The van der Waals surface area contributed by atoms with E-state index in [-0.39, 0.29) is 6.04 Å². The van der Waals surface area contributed by atoms with Gasteiger partial charge in [0.25, 0.3) is 0 Å². The fourth-order valence-corrected chi connectivity index (χ4v) is 2.88. The summed E-state index contributed by atoms with van der Waals surface area (Å²) in [5, 5.41) is 3.53. The third kappa shape index (κ3) is 3.33. The number of hydrogen-bond donors (Lipinski definition) is 1. The van der Waals surface area contributed by atoms with Crippen molar-refractivity contribution in [2.45, 2.75) is 46.2 Å². The summed E-state index contributed by atoms with van der Waals surface area (Å²) in [6, 6.07) is 6.60. The molecule has 1 N–H and O–H groups in total. The quantitative estimate of drug-likeness (QED) is 0.913. The smallest absolute Gasteiger partial charge is 0.128 e. The Kier molecular flexibility index (Phi) is 4.48. The van der Waals surface area contributed by atoms with Crippen molar-refractivity contribution in [2.24, 2.45) is 0 Å². The SMILES string of the molecule is Cc1cc(C(C)NCc2ccnc(N3CCCC3)c2)oc1C. The second-order valence-electron chi connectivity index (χ2n) is 6.21. The summed E-state index contributed by atoms with van der Waals surface area (Å²) >= 11 is 0. The van der Waals surface area contributed by atoms with Crippen molar-refractivity contribution in [3.05, 3.63) is 47.0 Å². The van der Waals surface area contributed by atoms with E-state index >= 15 is 0 Å². The van der Waals surface area contributed by atoms with Crippen molar-refractivity contribution in [2.75, 3.05) is 18.0 Å². The molecule has 22 heavy (non-hydrogen) atoms. The minimum Gasteiger partial charge on any atom is -0.464 e. The van der Waals surface area contributed by atoms with Gasteiger partial charge in [0.2, 0.25) is 0 Å². The predicted molar refractivity (Wildman–Crippen MR) is 89.1 cm³/mol. The van der Waals surface area contributed by atoms with E-state index in [0.717, 1.165) is 37.0 Å². The number of nitrogens with one attached hydrogen (secondary N) is 1. The van der Waals surface area contributed by atoms with Crippen molar-refractivity contribution >= 4 is 5.82 Å². The summed E-state index contributed by atoms with van der Waals surface area (Å²) in [6.07, 6.45) is 4.47. The average molecular weight is 299 g/mol. The summed E-state index contributed by atoms with van der Waals surface area (Å²) in [4.78, 5) is 6.87. The van der Waals surface area contributed by atoms with Crippen LogP contribution in [-0.4, -0.2) is 18.1 Å². The molecule has 1 saturated heterocycles. The van der Waals surface area contributed by atoms with Gasteiger partial charge in [-0.25, -0.2) is 4.98 Å². The van der Waals surface area contributed by atoms with Gasteiger partial charge in [0.05, 0.1) is 6.04 Å². The largest absolute Gasteiger partial charge is 0.464 e. The van der Waals surface area contributed by atoms with E-state index in [9.17, 15) is 0 Å². The Balaban J connectivity index is 1.62. The highest BCUT2D eigenvalue weighted by Crippen LogP contribution is 2.21. The highest BCUT2D eigenvalue weighted by Gasteiger charge is 2.14. The topological polar surface area (TPSA) is 41.3 Å². The molecule has 2 aromatic heterocycles. The molecule has 4 nitrogen and oxygen atoms in total. The molecule has 1 fully saturated rings. The van der Waals surface area contributed by atoms with Crippen molar-refractivity contribution in [1.29, 1.82) is 0 Å². The first-order valence-electron chi connectivity index (χ1n) is 8.13. The maximum Gasteiger partial charge on any atom is 0.128 e. The standard InChI is InChI=1S/C18H25N3O/c1-13-10-17(22-15(13)3)14(2)20-12-16-6-7-19-18(11-16)21-8-4-5-9-21/h6-7,10-11,14,20H,4-5,8-9,12H2,1-3H3. The van der Waals surface area contributed by atoms with Crippen LogP contribution in [-0.2, 0) is 6.54 Å². The summed E-state index contributed by atoms with van der Waals surface area (Å²) < 4.78 is 5.79. The predicted octanol–water partition coefficient (Wildman–Crippen LogP) is 3.74. The molecule has 0 aromatic carbocycles. The van der Waals surface area contributed by atoms with Gasteiger partial charge in [-0.1, -0.05) is 0 Å². The Labute approximate surface area is 132 Å². The zero-order valence-electron chi connectivity index (χ0n) is 13.7. The monoisotopic (exact) mass is 299 g/mol. The fourth-order valence-electron chi connectivity index (χ4n) is 2.88. The summed E-state index contributed by atoms with van der Waals surface area (Å²) in [7, 11) is 0. The second-order valence-corrected chi connectivity index (χ2v) is 6.21. The average Bonchev–Trinajstić information content (AvgIpc) is 3.16. The third-order valence-corrected chi connectivity index (χ3v) is 4.46. The Morgan fingerprint density at radius 3 is 2.73 bits per heavy atom. The second kappa shape index (κ2) is 6.53. The van der Waals surface area contributed by atoms with Crippen LogP contribution in [0.15, 0.2) is 28.8 Å². The first-order chi connectivity index (χ1) is 10.6. The molecule has 0 spiro atoms. The maximum absolute atomic E-state index is 5.79. The lowest BCUT2D eigenvalue weighted by atomic mass is 10.2. The molecule has 1 aliphatic rings. The van der Waals surface area contributed by atoms with Gasteiger partial charge >= 0.3 is 0 Å². The van der Waals surface area contributed by atoms with Crippen LogP contribution >= 0.6 is 0 Å². The van der Waals surface area contributed by atoms with Crippen molar-refractivity contribution in [3.63, 3.8) is 0 Å². The number of furan rings is 1. The van der Waals surface area contributed by atoms with E-state index in [1.54, 1.807) is 0 Å². The van der Waals surface area contributed by atoms with Crippen molar-refractivity contribution < 1.29 is 4.42 Å². The molecule has 3 rings (SSSR count). The molecular formula is C18H25N3O. The van der Waals surface area contributed by atoms with E-state index in [4.69, 9.17) is 4.42 Å². The third-order valence-electron chi connectivity index (χ3n) is 4.46. The lowest BCUT2D eigenvalue weighted by Gasteiger charge is -2.17. The Morgan fingerprint density at radius 1 is 1.27 bits per heavy atom. The lowest BCUT2D eigenvalue weighted by molar-refractivity contribution is 0.415. The van der Waals surface area contributed by atoms with Crippen molar-refractivity contribution in [3.8, 4) is 0 Å². The minimum absolute atomic E-state index is 0.204. The summed E-state index contributed by atoms with van der Waals surface area (Å²) in [5.74, 6) is 3.11. The van der Waals surface area contributed by atoms with Crippen molar-refractivity contribution in [1.82, 2.24) is 10.3 Å². The highest BCUT2D eigenvalue weighted by molar-refractivity contribution is 5.41. The highest BCUT2D eigenvalue weighted by atomic mass is 16.3. The Hall–Kier alpha value is -1.81. The molecule has 0 radical (unpaired) electrons. The Morgan fingerprint density at radius 2 is 2.05 bits per heavy atom. The van der Waals surface area contributed by atoms with Gasteiger partial charge < -0.3 is 14.6 Å². The molecule has 1 unspecified atom stereocenters. The molecule has 118 valence electrons. The van der Waals surface area contributed by atoms with Gasteiger partial charge in [0, 0.05) is 25.8 Å². The van der Waals surface area contributed by atoms with E-state index in [1.165, 1.54) is 24.0 Å². The number of rotatable bonds is 5. The van der Waals surface area contributed by atoms with Gasteiger partial charge in [-0.2, -0.15) is 0 Å². The van der Waals surface area contributed by atoms with Crippen LogP contribution in [0.25, 0.3) is 0 Å². The molecule has 0 aliphatic carbocycles. The molecule has 0 amide bonds. The molecule has 2 aromatic rings. The zero-order chi connectivity index (χ0) is 15.5. The number of nitrogens with zero attached hydrogens (tertiary/aromatic N) is 2. The van der Waals surface area contributed by atoms with E-state index < -0.39 is 0 Å². The first-order valence-corrected chi connectivity index (χ1v) is 8.13. The molecule has 4 heteroatoms.